The lowest BCUT2D eigenvalue weighted by atomic mass is 10.1. The molecule has 0 aliphatic carbocycles. The van der Waals surface area contributed by atoms with Crippen molar-refractivity contribution in [2.45, 2.75) is 38.2 Å². The molecule has 0 bridgehead atoms. The molecule has 1 saturated heterocycles. The second-order valence-electron chi connectivity index (χ2n) is 5.36. The Bertz CT molecular complexity index is 444. The summed E-state index contributed by atoms with van der Waals surface area (Å²) in [5.41, 5.74) is 0.457. The summed E-state index contributed by atoms with van der Waals surface area (Å²) in [6, 6.07) is 6.43. The molecule has 0 spiro atoms. The minimum atomic E-state index is -0.315. The van der Waals surface area contributed by atoms with Crippen LogP contribution in [0.1, 0.15) is 31.2 Å². The lowest BCUT2D eigenvalue weighted by Gasteiger charge is -2.25. The molecule has 1 fully saturated rings. The van der Waals surface area contributed by atoms with Crippen molar-refractivity contribution in [3.63, 3.8) is 0 Å². The number of ether oxygens (including phenoxy) is 1. The fraction of sp³-hybridized carbons (Fsp3) is 0.562. The second kappa shape index (κ2) is 7.39. The predicted molar refractivity (Wildman–Crippen MR) is 75.9 cm³/mol. The number of rotatable bonds is 5. The van der Waals surface area contributed by atoms with Gasteiger partial charge in [0.2, 0.25) is 5.91 Å². The number of halogens is 1. The first-order valence-corrected chi connectivity index (χ1v) is 7.26. The van der Waals surface area contributed by atoms with E-state index in [-0.39, 0.29) is 24.2 Å². The molecular weight excluding hydrogens is 257 g/mol. The molecule has 0 saturated carbocycles. The largest absolute Gasteiger partial charge is 0.378 e. The minimum absolute atomic E-state index is 0.0501. The predicted octanol–water partition coefficient (Wildman–Crippen LogP) is 2.79. The summed E-state index contributed by atoms with van der Waals surface area (Å²) in [6.45, 7) is 1.50. The maximum atomic E-state index is 13.5. The fourth-order valence-corrected chi connectivity index (χ4v) is 2.44. The van der Waals surface area contributed by atoms with Crippen LogP contribution in [0.5, 0.6) is 0 Å². The highest BCUT2D eigenvalue weighted by Crippen LogP contribution is 2.16. The van der Waals surface area contributed by atoms with E-state index in [1.807, 2.05) is 0 Å². The molecule has 0 radical (unpaired) electrons. The molecule has 20 heavy (non-hydrogen) atoms. The zero-order valence-corrected chi connectivity index (χ0v) is 12.0. The van der Waals surface area contributed by atoms with Crippen molar-refractivity contribution >= 4 is 5.91 Å². The molecule has 110 valence electrons. The number of carbonyl (C=O) groups excluding carboxylic acids is 1. The van der Waals surface area contributed by atoms with Crippen molar-refractivity contribution in [2.75, 3.05) is 20.2 Å². The van der Waals surface area contributed by atoms with E-state index in [0.717, 1.165) is 25.9 Å². The number of hydrogen-bond acceptors (Lipinski definition) is 2. The van der Waals surface area contributed by atoms with Gasteiger partial charge >= 0.3 is 0 Å². The number of benzene rings is 1. The van der Waals surface area contributed by atoms with Crippen molar-refractivity contribution in [2.24, 2.45) is 0 Å². The average molecular weight is 279 g/mol. The number of likely N-dealkylation sites (N-methyl/N-ethyl adjacent to an activating group) is 1. The quantitative estimate of drug-likeness (QED) is 0.829. The smallest absolute Gasteiger partial charge is 0.226 e. The monoisotopic (exact) mass is 279 g/mol. The topological polar surface area (TPSA) is 29.5 Å². The van der Waals surface area contributed by atoms with Gasteiger partial charge < -0.3 is 9.64 Å². The average Bonchev–Trinajstić information content (AvgIpc) is 2.48. The first kappa shape index (κ1) is 15.0. The Hall–Kier alpha value is -1.42. The molecule has 4 heteroatoms. The zero-order valence-electron chi connectivity index (χ0n) is 12.0. The summed E-state index contributed by atoms with van der Waals surface area (Å²) in [5.74, 6) is -0.365. The van der Waals surface area contributed by atoms with Gasteiger partial charge in [-0.2, -0.15) is 0 Å². The van der Waals surface area contributed by atoms with Crippen LogP contribution < -0.4 is 0 Å². The number of amides is 1. The van der Waals surface area contributed by atoms with E-state index in [1.165, 1.54) is 12.5 Å². The van der Waals surface area contributed by atoms with Gasteiger partial charge in [0.05, 0.1) is 12.5 Å². The highest BCUT2D eigenvalue weighted by Gasteiger charge is 2.17. The van der Waals surface area contributed by atoms with Crippen LogP contribution in [0.2, 0.25) is 0 Å². The molecule has 1 aliphatic rings. The van der Waals surface area contributed by atoms with Gasteiger partial charge in [0.25, 0.3) is 0 Å². The van der Waals surface area contributed by atoms with Crippen molar-refractivity contribution in [3.05, 3.63) is 35.6 Å². The number of carbonyl (C=O) groups is 1. The van der Waals surface area contributed by atoms with Crippen LogP contribution >= 0.6 is 0 Å². The van der Waals surface area contributed by atoms with Crippen molar-refractivity contribution in [3.8, 4) is 0 Å². The summed E-state index contributed by atoms with van der Waals surface area (Å²) in [5, 5.41) is 0. The van der Waals surface area contributed by atoms with Gasteiger partial charge in [0.1, 0.15) is 5.82 Å². The maximum absolute atomic E-state index is 13.5. The van der Waals surface area contributed by atoms with E-state index < -0.39 is 0 Å². The third-order valence-corrected chi connectivity index (χ3v) is 3.79. The number of nitrogens with zero attached hydrogens (tertiary/aromatic N) is 1. The number of hydrogen-bond donors (Lipinski definition) is 0. The van der Waals surface area contributed by atoms with Gasteiger partial charge in [-0.15, -0.1) is 0 Å². The standard InChI is InChI=1S/C16H22FNO2/c1-18(10-9-14-7-4-5-11-20-14)16(19)12-13-6-2-3-8-15(13)17/h2-3,6,8,14H,4-5,7,9-12H2,1H3. The first-order valence-electron chi connectivity index (χ1n) is 7.26. The zero-order chi connectivity index (χ0) is 14.4. The van der Waals surface area contributed by atoms with E-state index >= 15 is 0 Å². The lowest BCUT2D eigenvalue weighted by molar-refractivity contribution is -0.129. The maximum Gasteiger partial charge on any atom is 0.226 e. The molecule has 2 rings (SSSR count). The molecule has 1 aromatic rings. The Morgan fingerprint density at radius 2 is 2.20 bits per heavy atom. The molecular formula is C16H22FNO2. The van der Waals surface area contributed by atoms with Crippen LogP contribution in [0.15, 0.2) is 24.3 Å². The van der Waals surface area contributed by atoms with Gasteiger partial charge in [-0.1, -0.05) is 18.2 Å². The SMILES string of the molecule is CN(CCC1CCCCO1)C(=O)Cc1ccccc1F. The summed E-state index contributed by atoms with van der Waals surface area (Å²) in [4.78, 5) is 13.7. The highest BCUT2D eigenvalue weighted by molar-refractivity contribution is 5.78. The minimum Gasteiger partial charge on any atom is -0.378 e. The van der Waals surface area contributed by atoms with Crippen LogP contribution in [-0.4, -0.2) is 37.1 Å². The van der Waals surface area contributed by atoms with E-state index in [2.05, 4.69) is 0 Å². The van der Waals surface area contributed by atoms with Gasteiger partial charge in [-0.05, 0) is 37.3 Å². The van der Waals surface area contributed by atoms with E-state index in [9.17, 15) is 9.18 Å². The molecule has 3 nitrogen and oxygen atoms in total. The lowest BCUT2D eigenvalue weighted by Crippen LogP contribution is -2.32. The Labute approximate surface area is 119 Å². The third-order valence-electron chi connectivity index (χ3n) is 3.79. The van der Waals surface area contributed by atoms with Crippen LogP contribution in [0.25, 0.3) is 0 Å². The molecule has 1 atom stereocenters. The Morgan fingerprint density at radius 1 is 1.40 bits per heavy atom. The Morgan fingerprint density at radius 3 is 2.90 bits per heavy atom. The van der Waals surface area contributed by atoms with Crippen LogP contribution in [0.3, 0.4) is 0 Å². The molecule has 1 unspecified atom stereocenters. The molecule has 0 aromatic heterocycles. The summed E-state index contributed by atoms with van der Waals surface area (Å²) in [7, 11) is 1.77. The third kappa shape index (κ3) is 4.30. The van der Waals surface area contributed by atoms with Gasteiger partial charge in [-0.3, -0.25) is 4.79 Å². The normalized spacial score (nSPS) is 18.8. The summed E-state index contributed by atoms with van der Waals surface area (Å²) in [6.07, 6.45) is 4.67. The molecule has 1 aliphatic heterocycles. The fourth-order valence-electron chi connectivity index (χ4n) is 2.44. The molecule has 1 amide bonds. The van der Waals surface area contributed by atoms with Gasteiger partial charge in [0, 0.05) is 20.2 Å². The molecule has 1 aromatic carbocycles. The molecule has 1 heterocycles. The van der Waals surface area contributed by atoms with Gasteiger partial charge in [-0.25, -0.2) is 4.39 Å². The van der Waals surface area contributed by atoms with Crippen LogP contribution in [0.4, 0.5) is 4.39 Å². The van der Waals surface area contributed by atoms with Crippen LogP contribution in [-0.2, 0) is 16.0 Å². The van der Waals surface area contributed by atoms with E-state index in [1.54, 1.807) is 30.1 Å². The summed E-state index contributed by atoms with van der Waals surface area (Å²) >= 11 is 0. The highest BCUT2D eigenvalue weighted by atomic mass is 19.1. The Balaban J connectivity index is 1.78. The van der Waals surface area contributed by atoms with Gasteiger partial charge in [0.15, 0.2) is 0 Å². The van der Waals surface area contributed by atoms with E-state index in [0.29, 0.717) is 12.1 Å². The molecule has 0 N–H and O–H groups in total. The summed E-state index contributed by atoms with van der Waals surface area (Å²) < 4.78 is 19.1. The van der Waals surface area contributed by atoms with E-state index in [4.69, 9.17) is 4.74 Å². The first-order chi connectivity index (χ1) is 9.66. The van der Waals surface area contributed by atoms with Crippen LogP contribution in [0, 0.1) is 5.82 Å². The van der Waals surface area contributed by atoms with Crippen molar-refractivity contribution in [1.29, 1.82) is 0 Å². The Kier molecular flexibility index (Phi) is 5.53. The van der Waals surface area contributed by atoms with Crippen molar-refractivity contribution < 1.29 is 13.9 Å². The second-order valence-corrected chi connectivity index (χ2v) is 5.36. The van der Waals surface area contributed by atoms with Crippen molar-refractivity contribution in [1.82, 2.24) is 4.90 Å².